The highest BCUT2D eigenvalue weighted by molar-refractivity contribution is 9.10. The summed E-state index contributed by atoms with van der Waals surface area (Å²) in [6.07, 6.45) is 0. The van der Waals surface area contributed by atoms with Gasteiger partial charge in [-0.3, -0.25) is 33.9 Å². The molecule has 3 atom stereocenters. The van der Waals surface area contributed by atoms with Crippen molar-refractivity contribution in [2.75, 3.05) is 17.3 Å². The first kappa shape index (κ1) is 28.8. The molecule has 14 heteroatoms. The van der Waals surface area contributed by atoms with Gasteiger partial charge in [-0.1, -0.05) is 51.2 Å². The number of rotatable bonds is 7. The van der Waals surface area contributed by atoms with Crippen LogP contribution in [0.2, 0.25) is 0 Å². The van der Waals surface area contributed by atoms with Gasteiger partial charge < -0.3 is 10.1 Å². The minimum atomic E-state index is -0.881. The predicted molar refractivity (Wildman–Crippen MR) is 165 cm³/mol. The summed E-state index contributed by atoms with van der Waals surface area (Å²) in [5.74, 6) is -2.21. The van der Waals surface area contributed by atoms with Crippen molar-refractivity contribution in [2.24, 2.45) is 5.92 Å². The van der Waals surface area contributed by atoms with Gasteiger partial charge in [-0.05, 0) is 54.1 Å². The molecule has 0 radical (unpaired) electrons. The van der Waals surface area contributed by atoms with Crippen LogP contribution in [-0.2, 0) is 20.9 Å². The van der Waals surface area contributed by atoms with E-state index < -0.39 is 39.7 Å². The Hall–Kier alpha value is -4.27. The van der Waals surface area contributed by atoms with Gasteiger partial charge in [0.25, 0.3) is 5.69 Å². The van der Waals surface area contributed by atoms with E-state index in [1.165, 1.54) is 35.9 Å². The Bertz CT molecular complexity index is 1820. The van der Waals surface area contributed by atoms with Gasteiger partial charge in [0, 0.05) is 33.1 Å². The lowest BCUT2D eigenvalue weighted by Crippen LogP contribution is -2.33. The number of thiazole rings is 1. The van der Waals surface area contributed by atoms with Crippen molar-refractivity contribution in [3.8, 4) is 5.75 Å². The molecule has 1 saturated heterocycles. The number of hydrogen-bond donors (Lipinski definition) is 1. The first-order valence-electron chi connectivity index (χ1n) is 12.9. The number of non-ortho nitro benzene ring substituents is 1. The fourth-order valence-electron chi connectivity index (χ4n) is 5.28. The number of thioether (sulfide) groups is 1. The molecule has 1 fully saturated rings. The second kappa shape index (κ2) is 11.4. The van der Waals surface area contributed by atoms with Gasteiger partial charge >= 0.3 is 4.87 Å². The Balaban J connectivity index is 1.37. The van der Waals surface area contributed by atoms with Crippen LogP contribution in [0.25, 0.3) is 0 Å². The SMILES string of the molecule is COc1ccc(NC(=O)Cn2c3c(sc2=O)[C@H](c2ccc(Br)cc2)C2C(=O)N(c4ccc([N+](=O)[O-])cc4)C(=O)C2S3)cc1. The number of amides is 3. The van der Waals surface area contributed by atoms with Crippen LogP contribution in [0.3, 0.4) is 0 Å². The molecule has 2 aliphatic heterocycles. The molecule has 11 nitrogen and oxygen atoms in total. The quantitative estimate of drug-likeness (QED) is 0.163. The lowest BCUT2D eigenvalue weighted by atomic mass is 9.83. The van der Waals surface area contributed by atoms with Gasteiger partial charge in [0.05, 0.1) is 28.7 Å². The molecule has 3 heterocycles. The second-order valence-corrected chi connectivity index (χ2v) is 12.8. The molecule has 3 aromatic carbocycles. The maximum Gasteiger partial charge on any atom is 0.308 e. The molecule has 1 aromatic heterocycles. The first-order chi connectivity index (χ1) is 20.7. The zero-order valence-electron chi connectivity index (χ0n) is 22.3. The highest BCUT2D eigenvalue weighted by Crippen LogP contribution is 2.54. The van der Waals surface area contributed by atoms with E-state index in [-0.39, 0.29) is 22.8 Å². The average molecular weight is 682 g/mol. The van der Waals surface area contributed by atoms with Crippen molar-refractivity contribution in [1.29, 1.82) is 0 Å². The molecule has 2 aliphatic rings. The van der Waals surface area contributed by atoms with Crippen LogP contribution in [0.4, 0.5) is 17.1 Å². The Labute approximate surface area is 260 Å². The van der Waals surface area contributed by atoms with Crippen LogP contribution < -0.4 is 19.8 Å². The number of carbonyl (C=O) groups excluding carboxylic acids is 3. The minimum absolute atomic E-state index is 0.165. The molecular formula is C29H21BrN4O7S2. The summed E-state index contributed by atoms with van der Waals surface area (Å²) in [4.78, 5) is 65.9. The molecule has 1 N–H and O–H groups in total. The predicted octanol–water partition coefficient (Wildman–Crippen LogP) is 5.02. The number of anilines is 2. The van der Waals surface area contributed by atoms with Crippen LogP contribution >= 0.6 is 39.0 Å². The monoisotopic (exact) mass is 680 g/mol. The van der Waals surface area contributed by atoms with E-state index in [0.29, 0.717) is 21.3 Å². The summed E-state index contributed by atoms with van der Waals surface area (Å²) in [6, 6.07) is 19.3. The first-order valence-corrected chi connectivity index (χ1v) is 15.4. The van der Waals surface area contributed by atoms with Crippen LogP contribution in [0.5, 0.6) is 5.75 Å². The number of nitrogens with one attached hydrogen (secondary N) is 1. The number of ether oxygens (including phenoxy) is 1. The Morgan fingerprint density at radius 2 is 1.67 bits per heavy atom. The van der Waals surface area contributed by atoms with Gasteiger partial charge in [-0.25, -0.2) is 4.90 Å². The smallest absolute Gasteiger partial charge is 0.308 e. The lowest BCUT2D eigenvalue weighted by molar-refractivity contribution is -0.384. The molecule has 0 aliphatic carbocycles. The number of halogens is 1. The third-order valence-corrected chi connectivity index (χ3v) is 10.4. The lowest BCUT2D eigenvalue weighted by Gasteiger charge is -2.30. The Kier molecular flexibility index (Phi) is 7.66. The molecule has 3 amide bonds. The van der Waals surface area contributed by atoms with Crippen LogP contribution in [0.15, 0.2) is 87.1 Å². The van der Waals surface area contributed by atoms with Crippen molar-refractivity contribution in [1.82, 2.24) is 4.57 Å². The number of benzene rings is 3. The number of carbonyl (C=O) groups is 3. The molecule has 2 unspecified atom stereocenters. The van der Waals surface area contributed by atoms with Gasteiger partial charge in [0.1, 0.15) is 17.5 Å². The summed E-state index contributed by atoms with van der Waals surface area (Å²) < 4.78 is 7.31. The zero-order valence-corrected chi connectivity index (χ0v) is 25.5. The molecule has 218 valence electrons. The summed E-state index contributed by atoms with van der Waals surface area (Å²) >= 11 is 5.48. The summed E-state index contributed by atoms with van der Waals surface area (Å²) in [7, 11) is 1.54. The highest BCUT2D eigenvalue weighted by Gasteiger charge is 2.56. The van der Waals surface area contributed by atoms with Crippen LogP contribution in [0, 0.1) is 16.0 Å². The molecule has 6 rings (SSSR count). The Morgan fingerprint density at radius 3 is 2.30 bits per heavy atom. The van der Waals surface area contributed by atoms with E-state index in [4.69, 9.17) is 4.74 Å². The summed E-state index contributed by atoms with van der Waals surface area (Å²) in [6.45, 7) is -0.289. The van der Waals surface area contributed by atoms with Gasteiger partial charge in [0.2, 0.25) is 17.7 Å². The fraction of sp³-hybridized carbons (Fsp3) is 0.172. The average Bonchev–Trinajstić information content (AvgIpc) is 3.44. The summed E-state index contributed by atoms with van der Waals surface area (Å²) in [5.41, 5.74) is 1.33. The van der Waals surface area contributed by atoms with E-state index in [2.05, 4.69) is 21.2 Å². The van der Waals surface area contributed by atoms with Crippen molar-refractivity contribution < 1.29 is 24.0 Å². The van der Waals surface area contributed by atoms with Crippen molar-refractivity contribution in [3.63, 3.8) is 0 Å². The maximum absolute atomic E-state index is 13.9. The third-order valence-electron chi connectivity index (χ3n) is 7.27. The number of imide groups is 1. The normalized spacial score (nSPS) is 19.1. The highest BCUT2D eigenvalue weighted by atomic mass is 79.9. The number of nitrogens with zero attached hydrogens (tertiary/aromatic N) is 3. The molecule has 0 spiro atoms. The van der Waals surface area contributed by atoms with Crippen molar-refractivity contribution in [3.05, 3.63) is 107 Å². The zero-order chi connectivity index (χ0) is 30.4. The van der Waals surface area contributed by atoms with Crippen molar-refractivity contribution in [2.45, 2.75) is 22.7 Å². The second-order valence-electron chi connectivity index (χ2n) is 9.78. The fourth-order valence-corrected chi connectivity index (χ4v) is 8.32. The number of hydrogen-bond acceptors (Lipinski definition) is 9. The van der Waals surface area contributed by atoms with Crippen molar-refractivity contribution >= 4 is 73.8 Å². The van der Waals surface area contributed by atoms with E-state index in [0.717, 1.165) is 38.0 Å². The standard InChI is InChI=1S/C29H21BrN4O7S2/c1-41-20-12-6-17(7-13-20)31-21(35)14-32-28-25(43-29(32)38)22(15-2-4-16(30)5-3-15)23-24(42-28)27(37)33(26(23)36)18-8-10-19(11-9-18)34(39)40/h2-13,22-24H,14H2,1H3,(H,31,35)/t22-,23?,24?/m1/s1. The van der Waals surface area contributed by atoms with E-state index in [1.54, 1.807) is 24.3 Å². The number of fused-ring (bicyclic) bond motifs is 2. The summed E-state index contributed by atoms with van der Waals surface area (Å²) in [5, 5.41) is 13.5. The van der Waals surface area contributed by atoms with Crippen LogP contribution in [-0.4, -0.2) is 39.6 Å². The largest absolute Gasteiger partial charge is 0.497 e. The van der Waals surface area contributed by atoms with Gasteiger partial charge in [0.15, 0.2) is 0 Å². The number of nitro benzene ring substituents is 1. The Morgan fingerprint density at radius 1 is 1.00 bits per heavy atom. The molecule has 43 heavy (non-hydrogen) atoms. The molecule has 4 aromatic rings. The number of methoxy groups -OCH3 is 1. The molecule has 0 bridgehead atoms. The van der Waals surface area contributed by atoms with E-state index >= 15 is 0 Å². The number of nitro groups is 1. The van der Waals surface area contributed by atoms with E-state index in [9.17, 15) is 29.3 Å². The topological polar surface area (TPSA) is 141 Å². The van der Waals surface area contributed by atoms with Crippen LogP contribution in [0.1, 0.15) is 16.4 Å². The van der Waals surface area contributed by atoms with E-state index in [1.807, 2.05) is 24.3 Å². The molecular weight excluding hydrogens is 660 g/mol. The van der Waals surface area contributed by atoms with Gasteiger partial charge in [-0.2, -0.15) is 0 Å². The molecule has 0 saturated carbocycles. The van der Waals surface area contributed by atoms with Gasteiger partial charge in [-0.15, -0.1) is 0 Å². The maximum atomic E-state index is 13.9. The third kappa shape index (κ3) is 5.26. The number of aromatic nitrogens is 1. The minimum Gasteiger partial charge on any atom is -0.497 e.